The lowest BCUT2D eigenvalue weighted by molar-refractivity contribution is -0.141. The Hall–Kier alpha value is -2.37. The van der Waals surface area contributed by atoms with Gasteiger partial charge in [-0.3, -0.25) is 4.79 Å². The van der Waals surface area contributed by atoms with Gasteiger partial charge in [0.05, 0.1) is 6.54 Å². The number of carboxylic acids is 1. The second-order valence-corrected chi connectivity index (χ2v) is 4.26. The third-order valence-electron chi connectivity index (χ3n) is 2.79. The Balaban J connectivity index is 2.28. The number of carbonyl (C=O) groups excluding carboxylic acids is 1. The van der Waals surface area contributed by atoms with Gasteiger partial charge in [0.25, 0.3) is 0 Å². The molecule has 0 radical (unpaired) electrons. The fourth-order valence-corrected chi connectivity index (χ4v) is 1.96. The molecule has 1 amide bonds. The van der Waals surface area contributed by atoms with E-state index in [1.54, 1.807) is 22.9 Å². The van der Waals surface area contributed by atoms with Crippen LogP contribution in [0.25, 0.3) is 10.9 Å². The highest BCUT2D eigenvalue weighted by molar-refractivity contribution is 5.83. The molecule has 0 spiro atoms. The second-order valence-electron chi connectivity index (χ2n) is 4.26. The Bertz CT molecular complexity index is 636. The van der Waals surface area contributed by atoms with E-state index in [2.05, 4.69) is 5.32 Å². The zero-order chi connectivity index (χ0) is 14.0. The predicted octanol–water partition coefficient (Wildman–Crippen LogP) is 1.37. The van der Waals surface area contributed by atoms with Gasteiger partial charge in [-0.15, -0.1) is 0 Å². The van der Waals surface area contributed by atoms with Crippen LogP contribution in [0.1, 0.15) is 6.92 Å². The molecular weight excluding hydrogens is 251 g/mol. The first-order chi connectivity index (χ1) is 8.97. The van der Waals surface area contributed by atoms with E-state index in [9.17, 15) is 14.0 Å². The smallest absolute Gasteiger partial charge is 0.328 e. The number of hydrogen-bond donors (Lipinski definition) is 2. The molecule has 1 unspecified atom stereocenters. The van der Waals surface area contributed by atoms with Gasteiger partial charge in [-0.2, -0.15) is 0 Å². The van der Waals surface area contributed by atoms with Crippen LogP contribution in [0.15, 0.2) is 30.5 Å². The molecular formula is C13H13FN2O3. The van der Waals surface area contributed by atoms with E-state index in [0.717, 1.165) is 5.52 Å². The van der Waals surface area contributed by atoms with Crippen LogP contribution in [0.2, 0.25) is 0 Å². The maximum Gasteiger partial charge on any atom is 0.328 e. The first-order valence-corrected chi connectivity index (χ1v) is 5.71. The van der Waals surface area contributed by atoms with Gasteiger partial charge in [0, 0.05) is 24.0 Å². The van der Waals surface area contributed by atoms with Crippen LogP contribution in [0.5, 0.6) is 0 Å². The van der Waals surface area contributed by atoms with Gasteiger partial charge >= 0.3 is 5.97 Å². The SMILES string of the molecule is CC(=O)NC(Cn1ccc2cc(F)ccc21)C(=O)O. The minimum absolute atomic E-state index is 0.0873. The van der Waals surface area contributed by atoms with Crippen LogP contribution < -0.4 is 5.32 Å². The summed E-state index contributed by atoms with van der Waals surface area (Å²) >= 11 is 0. The zero-order valence-corrected chi connectivity index (χ0v) is 10.3. The quantitative estimate of drug-likeness (QED) is 0.876. The first kappa shape index (κ1) is 13.1. The van der Waals surface area contributed by atoms with E-state index in [-0.39, 0.29) is 12.4 Å². The molecule has 0 aliphatic heterocycles. The number of fused-ring (bicyclic) bond motifs is 1. The van der Waals surface area contributed by atoms with Crippen molar-refractivity contribution >= 4 is 22.8 Å². The summed E-state index contributed by atoms with van der Waals surface area (Å²) in [5.41, 5.74) is 0.720. The predicted molar refractivity (Wildman–Crippen MR) is 67.1 cm³/mol. The standard InChI is InChI=1S/C13H13FN2O3/c1-8(17)15-11(13(18)19)7-16-5-4-9-6-10(14)2-3-12(9)16/h2-6,11H,7H2,1H3,(H,15,17)(H,18,19). The van der Waals surface area contributed by atoms with Crippen LogP contribution in [-0.2, 0) is 16.1 Å². The van der Waals surface area contributed by atoms with Crippen molar-refractivity contribution in [3.05, 3.63) is 36.3 Å². The molecule has 6 heteroatoms. The summed E-state index contributed by atoms with van der Waals surface area (Å²) in [5, 5.41) is 12.1. The summed E-state index contributed by atoms with van der Waals surface area (Å²) in [5.74, 6) is -1.86. The molecule has 1 heterocycles. The summed E-state index contributed by atoms with van der Waals surface area (Å²) in [6, 6.07) is 4.95. The number of nitrogens with one attached hydrogen (secondary N) is 1. The summed E-state index contributed by atoms with van der Waals surface area (Å²) in [6.45, 7) is 1.35. The lowest BCUT2D eigenvalue weighted by Crippen LogP contribution is -2.42. The number of aromatic nitrogens is 1. The van der Waals surface area contributed by atoms with Crippen LogP contribution in [0, 0.1) is 5.82 Å². The first-order valence-electron chi connectivity index (χ1n) is 5.71. The molecule has 2 rings (SSSR count). The van der Waals surface area contributed by atoms with Crippen molar-refractivity contribution in [3.8, 4) is 0 Å². The second kappa shape index (κ2) is 5.09. The maximum absolute atomic E-state index is 13.0. The third kappa shape index (κ3) is 2.90. The van der Waals surface area contributed by atoms with Gasteiger partial charge in [0.1, 0.15) is 11.9 Å². The molecule has 0 saturated carbocycles. The third-order valence-corrected chi connectivity index (χ3v) is 2.79. The number of hydrogen-bond acceptors (Lipinski definition) is 2. The van der Waals surface area contributed by atoms with Gasteiger partial charge in [0.15, 0.2) is 0 Å². The fourth-order valence-electron chi connectivity index (χ4n) is 1.96. The highest BCUT2D eigenvalue weighted by Gasteiger charge is 2.19. The van der Waals surface area contributed by atoms with Crippen molar-refractivity contribution in [1.82, 2.24) is 9.88 Å². The zero-order valence-electron chi connectivity index (χ0n) is 10.3. The lowest BCUT2D eigenvalue weighted by Gasteiger charge is -2.14. The number of amides is 1. The van der Waals surface area contributed by atoms with Crippen LogP contribution in [0.4, 0.5) is 4.39 Å². The number of aliphatic carboxylic acids is 1. The average molecular weight is 264 g/mol. The molecule has 0 saturated heterocycles. The Labute approximate surface area is 108 Å². The van der Waals surface area contributed by atoms with E-state index in [1.807, 2.05) is 0 Å². The topological polar surface area (TPSA) is 71.3 Å². The summed E-state index contributed by atoms with van der Waals surface area (Å²) in [4.78, 5) is 22.0. The van der Waals surface area contributed by atoms with E-state index in [1.165, 1.54) is 19.1 Å². The molecule has 1 aromatic carbocycles. The molecule has 1 aromatic heterocycles. The van der Waals surface area contributed by atoms with Crippen molar-refractivity contribution in [1.29, 1.82) is 0 Å². The largest absolute Gasteiger partial charge is 0.480 e. The number of benzene rings is 1. The van der Waals surface area contributed by atoms with Crippen LogP contribution >= 0.6 is 0 Å². The molecule has 2 aromatic rings. The van der Waals surface area contributed by atoms with Crippen LogP contribution in [0.3, 0.4) is 0 Å². The maximum atomic E-state index is 13.0. The highest BCUT2D eigenvalue weighted by atomic mass is 19.1. The fraction of sp³-hybridized carbons (Fsp3) is 0.231. The average Bonchev–Trinajstić information content (AvgIpc) is 2.70. The molecule has 0 fully saturated rings. The van der Waals surface area contributed by atoms with Crippen molar-refractivity contribution < 1.29 is 19.1 Å². The van der Waals surface area contributed by atoms with Gasteiger partial charge in [0.2, 0.25) is 5.91 Å². The minimum atomic E-state index is -1.11. The van der Waals surface area contributed by atoms with Gasteiger partial charge in [-0.25, -0.2) is 9.18 Å². The summed E-state index contributed by atoms with van der Waals surface area (Å²) < 4.78 is 14.7. The van der Waals surface area contributed by atoms with Crippen molar-refractivity contribution in [2.45, 2.75) is 19.5 Å². The summed E-state index contributed by atoms with van der Waals surface area (Å²) in [6.07, 6.45) is 1.67. The van der Waals surface area contributed by atoms with Crippen molar-refractivity contribution in [2.24, 2.45) is 0 Å². The number of carbonyl (C=O) groups is 2. The number of halogens is 1. The highest BCUT2D eigenvalue weighted by Crippen LogP contribution is 2.17. The molecule has 100 valence electrons. The van der Waals surface area contributed by atoms with Gasteiger partial charge in [-0.05, 0) is 24.3 Å². The Kier molecular flexibility index (Phi) is 3.50. The molecule has 1 atom stereocenters. The van der Waals surface area contributed by atoms with Crippen molar-refractivity contribution in [3.63, 3.8) is 0 Å². The number of carboxylic acid groups (broad SMARTS) is 1. The Morgan fingerprint density at radius 1 is 1.42 bits per heavy atom. The van der Waals surface area contributed by atoms with Gasteiger partial charge in [-0.1, -0.05) is 0 Å². The summed E-state index contributed by atoms with van der Waals surface area (Å²) in [7, 11) is 0. The molecule has 5 nitrogen and oxygen atoms in total. The molecule has 0 aliphatic rings. The van der Waals surface area contributed by atoms with E-state index < -0.39 is 17.9 Å². The minimum Gasteiger partial charge on any atom is -0.480 e. The Morgan fingerprint density at radius 3 is 2.79 bits per heavy atom. The van der Waals surface area contributed by atoms with E-state index in [0.29, 0.717) is 5.39 Å². The normalized spacial score (nSPS) is 12.3. The monoisotopic (exact) mass is 264 g/mol. The van der Waals surface area contributed by atoms with Crippen LogP contribution in [-0.4, -0.2) is 27.6 Å². The molecule has 19 heavy (non-hydrogen) atoms. The Morgan fingerprint density at radius 2 is 2.16 bits per heavy atom. The van der Waals surface area contributed by atoms with Gasteiger partial charge < -0.3 is 15.0 Å². The van der Waals surface area contributed by atoms with E-state index >= 15 is 0 Å². The lowest BCUT2D eigenvalue weighted by atomic mass is 10.2. The number of rotatable bonds is 4. The van der Waals surface area contributed by atoms with Crippen molar-refractivity contribution in [2.75, 3.05) is 0 Å². The molecule has 0 bridgehead atoms. The van der Waals surface area contributed by atoms with E-state index in [4.69, 9.17) is 5.11 Å². The molecule has 0 aliphatic carbocycles. The number of nitrogens with zero attached hydrogens (tertiary/aromatic N) is 1. The molecule has 2 N–H and O–H groups in total.